The van der Waals surface area contributed by atoms with Gasteiger partial charge in [0.15, 0.2) is 0 Å². The van der Waals surface area contributed by atoms with Gasteiger partial charge in [-0.05, 0) is 44.2 Å². The first-order valence-electron chi connectivity index (χ1n) is 11.4. The van der Waals surface area contributed by atoms with Gasteiger partial charge in [-0.3, -0.25) is 4.79 Å². The molecule has 0 bridgehead atoms. The Morgan fingerprint density at radius 2 is 1.37 bits per heavy atom. The van der Waals surface area contributed by atoms with Crippen LogP contribution in [0.4, 0.5) is 5.69 Å². The molecule has 5 heteroatoms. The Hall–Kier alpha value is -1.57. The molecular weight excluding hydrogens is 414 g/mol. The summed E-state index contributed by atoms with van der Waals surface area (Å²) >= 11 is 0. The maximum atomic E-state index is 11.9. The van der Waals surface area contributed by atoms with Gasteiger partial charge < -0.3 is 10.5 Å². The molecule has 0 unspecified atom stereocenters. The van der Waals surface area contributed by atoms with Gasteiger partial charge in [-0.2, -0.15) is 0 Å². The summed E-state index contributed by atoms with van der Waals surface area (Å²) in [5.41, 5.74) is 6.28. The number of nitrogens with two attached hydrogens (primary N) is 1. The first-order valence-corrected chi connectivity index (χ1v) is 11.4. The Morgan fingerprint density at radius 1 is 0.833 bits per heavy atom. The van der Waals surface area contributed by atoms with Crippen molar-refractivity contribution in [3.8, 4) is 0 Å². The standard InChI is InChI=1S/C25H39NO3.Cr/c1-2-3-4-5-6-7-8-9-10-11-12-13-14-15-16-21-24(27)29-25(28)22-19-17-18-20-23(22)26;/h9-10,17-20H,2-8,11-16,21,26H2,1H3;. The molecule has 0 fully saturated rings. The molecule has 0 aliphatic rings. The second kappa shape index (κ2) is 19.4. The van der Waals surface area contributed by atoms with Gasteiger partial charge in [0.25, 0.3) is 0 Å². The zero-order chi connectivity index (χ0) is 21.2. The van der Waals surface area contributed by atoms with Gasteiger partial charge in [0, 0.05) is 29.5 Å². The van der Waals surface area contributed by atoms with E-state index in [0.717, 1.165) is 25.7 Å². The zero-order valence-corrected chi connectivity index (χ0v) is 19.8. The van der Waals surface area contributed by atoms with Crippen molar-refractivity contribution in [2.45, 2.75) is 96.8 Å². The summed E-state index contributed by atoms with van der Waals surface area (Å²) in [6, 6.07) is 6.61. The summed E-state index contributed by atoms with van der Waals surface area (Å²) in [6.07, 6.45) is 20.6. The number of esters is 2. The molecule has 0 aliphatic carbocycles. The molecule has 0 amide bonds. The minimum Gasteiger partial charge on any atom is -0.398 e. The van der Waals surface area contributed by atoms with Crippen LogP contribution in [0, 0.1) is 0 Å². The number of rotatable bonds is 16. The molecule has 0 saturated heterocycles. The van der Waals surface area contributed by atoms with E-state index in [1.165, 1.54) is 57.8 Å². The van der Waals surface area contributed by atoms with Crippen LogP contribution in [-0.4, -0.2) is 11.9 Å². The first kappa shape index (κ1) is 28.4. The maximum Gasteiger partial charge on any atom is 0.347 e. The predicted octanol–water partition coefficient (Wildman–Crippen LogP) is 6.99. The summed E-state index contributed by atoms with van der Waals surface area (Å²) in [7, 11) is 0. The van der Waals surface area contributed by atoms with E-state index in [1.807, 2.05) is 0 Å². The number of unbranched alkanes of at least 4 members (excludes halogenated alkanes) is 11. The first-order chi connectivity index (χ1) is 14.1. The predicted molar refractivity (Wildman–Crippen MR) is 121 cm³/mol. The molecule has 4 nitrogen and oxygen atoms in total. The van der Waals surface area contributed by atoms with Gasteiger partial charge in [-0.15, -0.1) is 0 Å². The number of carbonyl (C=O) groups excluding carboxylic acids is 2. The van der Waals surface area contributed by atoms with Crippen molar-refractivity contribution in [1.29, 1.82) is 0 Å². The summed E-state index contributed by atoms with van der Waals surface area (Å²) in [6.45, 7) is 2.25. The molecule has 0 saturated carbocycles. The van der Waals surface area contributed by atoms with Crippen molar-refractivity contribution in [2.24, 2.45) is 0 Å². The number of benzene rings is 1. The van der Waals surface area contributed by atoms with E-state index < -0.39 is 11.9 Å². The summed E-state index contributed by atoms with van der Waals surface area (Å²) in [4.78, 5) is 23.7. The molecule has 0 radical (unpaired) electrons. The molecule has 1 aromatic carbocycles. The van der Waals surface area contributed by atoms with E-state index in [0.29, 0.717) is 5.69 Å². The molecule has 30 heavy (non-hydrogen) atoms. The molecule has 1 aromatic rings. The summed E-state index contributed by atoms with van der Waals surface area (Å²) < 4.78 is 4.87. The Balaban J connectivity index is 0.00000841. The monoisotopic (exact) mass is 453 g/mol. The van der Waals surface area contributed by atoms with Crippen LogP contribution in [-0.2, 0) is 26.9 Å². The van der Waals surface area contributed by atoms with Crippen LogP contribution in [0.25, 0.3) is 0 Å². The van der Waals surface area contributed by atoms with Crippen LogP contribution in [0.5, 0.6) is 0 Å². The molecule has 168 valence electrons. The van der Waals surface area contributed by atoms with Crippen LogP contribution in [0.3, 0.4) is 0 Å². The van der Waals surface area contributed by atoms with Crippen molar-refractivity contribution in [3.63, 3.8) is 0 Å². The quantitative estimate of drug-likeness (QED) is 0.0963. The molecule has 0 aromatic heterocycles. The molecule has 0 aliphatic heterocycles. The third-order valence-electron chi connectivity index (χ3n) is 5.03. The molecule has 0 spiro atoms. The van der Waals surface area contributed by atoms with Gasteiger partial charge in [-0.25, -0.2) is 4.79 Å². The van der Waals surface area contributed by atoms with E-state index in [2.05, 4.69) is 19.1 Å². The molecule has 2 N–H and O–H groups in total. The average Bonchev–Trinajstić information content (AvgIpc) is 2.71. The third kappa shape index (κ3) is 14.4. The number of hydrogen-bond donors (Lipinski definition) is 1. The number of para-hydroxylation sites is 1. The van der Waals surface area contributed by atoms with Gasteiger partial charge in [0.05, 0.1) is 5.56 Å². The average molecular weight is 454 g/mol. The second-order valence-electron chi connectivity index (χ2n) is 7.68. The van der Waals surface area contributed by atoms with E-state index in [9.17, 15) is 9.59 Å². The number of ether oxygens (including phenoxy) is 1. The van der Waals surface area contributed by atoms with E-state index >= 15 is 0 Å². The van der Waals surface area contributed by atoms with Gasteiger partial charge in [0.1, 0.15) is 0 Å². The number of nitrogen functional groups attached to an aromatic ring is 1. The van der Waals surface area contributed by atoms with Crippen LogP contribution in [0.15, 0.2) is 36.4 Å². The Labute approximate surface area is 193 Å². The Kier molecular flexibility index (Phi) is 18.4. The fourth-order valence-corrected chi connectivity index (χ4v) is 3.23. The van der Waals surface area contributed by atoms with Gasteiger partial charge >= 0.3 is 11.9 Å². The fourth-order valence-electron chi connectivity index (χ4n) is 3.23. The summed E-state index contributed by atoms with van der Waals surface area (Å²) in [5.74, 6) is -1.14. The topological polar surface area (TPSA) is 69.4 Å². The van der Waals surface area contributed by atoms with E-state index in [-0.39, 0.29) is 29.3 Å². The van der Waals surface area contributed by atoms with Crippen LogP contribution >= 0.6 is 0 Å². The van der Waals surface area contributed by atoms with E-state index in [4.69, 9.17) is 10.5 Å². The van der Waals surface area contributed by atoms with Crippen molar-refractivity contribution in [2.75, 3.05) is 5.73 Å². The van der Waals surface area contributed by atoms with Gasteiger partial charge in [-0.1, -0.05) is 82.6 Å². The number of anilines is 1. The number of carbonyl (C=O) groups is 2. The van der Waals surface area contributed by atoms with Crippen LogP contribution in [0.2, 0.25) is 0 Å². The number of allylic oxidation sites excluding steroid dienone is 2. The summed E-state index contributed by atoms with van der Waals surface area (Å²) in [5, 5.41) is 0. The Morgan fingerprint density at radius 3 is 1.97 bits per heavy atom. The van der Waals surface area contributed by atoms with Crippen LogP contribution < -0.4 is 5.73 Å². The third-order valence-corrected chi connectivity index (χ3v) is 5.03. The van der Waals surface area contributed by atoms with Crippen molar-refractivity contribution in [1.82, 2.24) is 0 Å². The van der Waals surface area contributed by atoms with E-state index in [1.54, 1.807) is 24.3 Å². The Bertz CT molecular complexity index is 616. The SMILES string of the molecule is CCCCCCCCC=CCCCCCCCC(=O)OC(=O)c1ccccc1N.[Cr]. The van der Waals surface area contributed by atoms with Crippen molar-refractivity contribution in [3.05, 3.63) is 42.0 Å². The molecule has 0 heterocycles. The zero-order valence-electron chi connectivity index (χ0n) is 18.6. The smallest absolute Gasteiger partial charge is 0.347 e. The van der Waals surface area contributed by atoms with Crippen molar-refractivity contribution < 1.29 is 31.7 Å². The maximum absolute atomic E-state index is 11.9. The van der Waals surface area contributed by atoms with Gasteiger partial charge in [0.2, 0.25) is 0 Å². The molecule has 0 atom stereocenters. The normalized spacial score (nSPS) is 10.7. The fraction of sp³-hybridized carbons (Fsp3) is 0.600. The largest absolute Gasteiger partial charge is 0.398 e. The second-order valence-corrected chi connectivity index (χ2v) is 7.68. The minimum absolute atomic E-state index is 0. The van der Waals surface area contributed by atoms with Crippen LogP contribution in [0.1, 0.15) is 107 Å². The number of hydrogen-bond acceptors (Lipinski definition) is 4. The molecular formula is C25H39CrNO3. The molecule has 1 rings (SSSR count). The van der Waals surface area contributed by atoms with Crippen molar-refractivity contribution >= 4 is 17.6 Å². The minimum atomic E-state index is -0.666.